The number of aliphatic hydroxyl groups excluding tert-OH is 1. The first-order valence-corrected chi connectivity index (χ1v) is 8.05. The largest absolute Gasteiger partial charge is 0.396 e. The molecule has 0 spiro atoms. The summed E-state index contributed by atoms with van der Waals surface area (Å²) in [5.41, 5.74) is 3.38. The molecule has 2 heterocycles. The third-order valence-electron chi connectivity index (χ3n) is 4.15. The number of carbonyl (C=O) groups excluding carboxylic acids is 1. The molecule has 3 N–H and O–H groups in total. The molecule has 24 heavy (non-hydrogen) atoms. The molecule has 0 aliphatic heterocycles. The van der Waals surface area contributed by atoms with Crippen molar-refractivity contribution < 1.29 is 9.90 Å². The number of nitrogens with zero attached hydrogens (tertiary/aromatic N) is 1. The number of aliphatic hydroxyl groups is 1. The minimum Gasteiger partial charge on any atom is -0.396 e. The van der Waals surface area contributed by atoms with E-state index in [-0.39, 0.29) is 18.4 Å². The second-order valence-corrected chi connectivity index (χ2v) is 5.95. The Kier molecular flexibility index (Phi) is 4.91. The predicted octanol–water partition coefficient (Wildman–Crippen LogP) is 2.45. The first-order valence-electron chi connectivity index (χ1n) is 8.05. The van der Waals surface area contributed by atoms with Gasteiger partial charge in [-0.25, -0.2) is 0 Å². The van der Waals surface area contributed by atoms with E-state index >= 15 is 0 Å². The Morgan fingerprint density at radius 1 is 1.25 bits per heavy atom. The Morgan fingerprint density at radius 3 is 2.79 bits per heavy atom. The molecule has 1 atom stereocenters. The fourth-order valence-corrected chi connectivity index (χ4v) is 2.91. The van der Waals surface area contributed by atoms with Gasteiger partial charge >= 0.3 is 0 Å². The summed E-state index contributed by atoms with van der Waals surface area (Å²) in [4.78, 5) is 20.1. The number of aryl methyl sites for hydroxylation is 1. The number of hydrogen-bond donors (Lipinski definition) is 3. The van der Waals surface area contributed by atoms with Crippen molar-refractivity contribution in [1.29, 1.82) is 0 Å². The van der Waals surface area contributed by atoms with Crippen LogP contribution < -0.4 is 5.32 Å². The van der Waals surface area contributed by atoms with E-state index in [1.165, 1.54) is 0 Å². The van der Waals surface area contributed by atoms with Gasteiger partial charge in [-0.2, -0.15) is 0 Å². The average molecular weight is 323 g/mol. The Bertz CT molecular complexity index is 827. The lowest BCUT2D eigenvalue weighted by Gasteiger charge is -2.15. The van der Waals surface area contributed by atoms with Gasteiger partial charge in [0, 0.05) is 47.6 Å². The van der Waals surface area contributed by atoms with Crippen LogP contribution in [0.2, 0.25) is 0 Å². The van der Waals surface area contributed by atoms with Gasteiger partial charge in [-0.1, -0.05) is 24.3 Å². The number of aromatic amines is 1. The van der Waals surface area contributed by atoms with E-state index in [9.17, 15) is 9.90 Å². The number of hydrogen-bond acceptors (Lipinski definition) is 3. The summed E-state index contributed by atoms with van der Waals surface area (Å²) < 4.78 is 0. The van der Waals surface area contributed by atoms with Crippen molar-refractivity contribution in [2.45, 2.75) is 13.3 Å². The van der Waals surface area contributed by atoms with Gasteiger partial charge in [-0.05, 0) is 31.5 Å². The molecular formula is C19H21N3O2. The molecule has 1 amide bonds. The van der Waals surface area contributed by atoms with Gasteiger partial charge in [-0.15, -0.1) is 0 Å². The lowest BCUT2D eigenvalue weighted by atomic mass is 10.0. The lowest BCUT2D eigenvalue weighted by molar-refractivity contribution is 0.0941. The minimum absolute atomic E-state index is 0.00369. The van der Waals surface area contributed by atoms with Crippen LogP contribution in [0.1, 0.15) is 21.7 Å². The van der Waals surface area contributed by atoms with E-state index in [0.29, 0.717) is 18.5 Å². The van der Waals surface area contributed by atoms with Crippen molar-refractivity contribution >= 4 is 16.8 Å². The summed E-state index contributed by atoms with van der Waals surface area (Å²) in [6, 6.07) is 13.5. The van der Waals surface area contributed by atoms with Crippen molar-refractivity contribution in [3.8, 4) is 0 Å². The maximum absolute atomic E-state index is 12.6. The van der Waals surface area contributed by atoms with Crippen molar-refractivity contribution in [3.63, 3.8) is 0 Å². The molecule has 124 valence electrons. The maximum Gasteiger partial charge on any atom is 0.253 e. The number of fused-ring (bicyclic) bond motifs is 1. The summed E-state index contributed by atoms with van der Waals surface area (Å²) in [6.07, 6.45) is 2.36. The lowest BCUT2D eigenvalue weighted by Crippen LogP contribution is -2.32. The van der Waals surface area contributed by atoms with Crippen LogP contribution in [-0.4, -0.2) is 34.1 Å². The molecule has 3 aromatic rings. The smallest absolute Gasteiger partial charge is 0.253 e. The monoisotopic (exact) mass is 323 g/mol. The molecule has 0 aliphatic carbocycles. The van der Waals surface area contributed by atoms with Gasteiger partial charge in [0.05, 0.1) is 5.56 Å². The molecule has 5 heteroatoms. The molecule has 0 saturated carbocycles. The molecular weight excluding hydrogens is 302 g/mol. The number of nitrogens with one attached hydrogen (secondary N) is 2. The Morgan fingerprint density at radius 2 is 2.04 bits per heavy atom. The zero-order valence-electron chi connectivity index (χ0n) is 13.6. The van der Waals surface area contributed by atoms with Gasteiger partial charge < -0.3 is 15.4 Å². The molecule has 0 bridgehead atoms. The van der Waals surface area contributed by atoms with Crippen LogP contribution in [0.4, 0.5) is 0 Å². The molecule has 0 saturated heterocycles. The summed E-state index contributed by atoms with van der Waals surface area (Å²) in [5.74, 6) is -0.182. The number of pyridine rings is 1. The number of carbonyl (C=O) groups is 1. The van der Waals surface area contributed by atoms with Gasteiger partial charge in [0.15, 0.2) is 0 Å². The van der Waals surface area contributed by atoms with Crippen molar-refractivity contribution in [1.82, 2.24) is 15.3 Å². The van der Waals surface area contributed by atoms with Crippen LogP contribution in [-0.2, 0) is 6.42 Å². The fourth-order valence-electron chi connectivity index (χ4n) is 2.91. The second kappa shape index (κ2) is 7.27. The van der Waals surface area contributed by atoms with Gasteiger partial charge in [0.25, 0.3) is 5.91 Å². The number of H-pyrrole nitrogens is 1. The van der Waals surface area contributed by atoms with E-state index in [1.54, 1.807) is 6.20 Å². The molecule has 0 radical (unpaired) electrons. The molecule has 1 aromatic carbocycles. The topological polar surface area (TPSA) is 78.0 Å². The summed E-state index contributed by atoms with van der Waals surface area (Å²) >= 11 is 0. The highest BCUT2D eigenvalue weighted by Gasteiger charge is 2.17. The number of amides is 1. The summed E-state index contributed by atoms with van der Waals surface area (Å²) in [7, 11) is 0. The number of aromatic nitrogens is 2. The number of benzene rings is 1. The fraction of sp³-hybridized carbons (Fsp3) is 0.263. The third kappa shape index (κ3) is 3.46. The highest BCUT2D eigenvalue weighted by molar-refractivity contribution is 6.08. The number of para-hydroxylation sites is 1. The molecule has 2 aromatic heterocycles. The van der Waals surface area contributed by atoms with Gasteiger partial charge in [0.1, 0.15) is 0 Å². The zero-order valence-corrected chi connectivity index (χ0v) is 13.6. The summed E-state index contributed by atoms with van der Waals surface area (Å²) in [6.45, 7) is 2.31. The summed E-state index contributed by atoms with van der Waals surface area (Å²) in [5, 5.41) is 13.4. The maximum atomic E-state index is 12.6. The van der Waals surface area contributed by atoms with E-state index in [4.69, 9.17) is 0 Å². The predicted molar refractivity (Wildman–Crippen MR) is 93.9 cm³/mol. The SMILES string of the molecule is Cc1[nH]c2ccccc2c1C(=O)NCC(CO)Cc1ccccn1. The van der Waals surface area contributed by atoms with Crippen LogP contribution in [0.3, 0.4) is 0 Å². The molecule has 0 aliphatic rings. The van der Waals surface area contributed by atoms with Crippen molar-refractivity contribution in [2.24, 2.45) is 5.92 Å². The average Bonchev–Trinajstić information content (AvgIpc) is 2.95. The highest BCUT2D eigenvalue weighted by atomic mass is 16.3. The van der Waals surface area contributed by atoms with E-state index in [1.807, 2.05) is 49.4 Å². The third-order valence-corrected chi connectivity index (χ3v) is 4.15. The Balaban J connectivity index is 1.68. The van der Waals surface area contributed by atoms with E-state index in [0.717, 1.165) is 22.3 Å². The quantitative estimate of drug-likeness (QED) is 0.652. The van der Waals surface area contributed by atoms with Gasteiger partial charge in [-0.3, -0.25) is 9.78 Å². The van der Waals surface area contributed by atoms with E-state index < -0.39 is 0 Å². The van der Waals surface area contributed by atoms with Gasteiger partial charge in [0.2, 0.25) is 0 Å². The van der Waals surface area contributed by atoms with Crippen LogP contribution in [0.15, 0.2) is 48.7 Å². The Labute approximate surface area is 140 Å². The van der Waals surface area contributed by atoms with Crippen LogP contribution in [0.5, 0.6) is 0 Å². The van der Waals surface area contributed by atoms with Crippen molar-refractivity contribution in [3.05, 3.63) is 65.6 Å². The number of rotatable bonds is 6. The Hall–Kier alpha value is -2.66. The first kappa shape index (κ1) is 16.2. The normalized spacial score (nSPS) is 12.2. The first-order chi connectivity index (χ1) is 11.7. The molecule has 1 unspecified atom stereocenters. The second-order valence-electron chi connectivity index (χ2n) is 5.95. The minimum atomic E-state index is -0.121. The highest BCUT2D eigenvalue weighted by Crippen LogP contribution is 2.21. The standard InChI is InChI=1S/C19H21N3O2/c1-13-18(16-7-2-3-8-17(16)22-13)19(24)21-11-14(12-23)10-15-6-4-5-9-20-15/h2-9,14,22-23H,10-12H2,1H3,(H,21,24). The molecule has 3 rings (SSSR count). The van der Waals surface area contributed by atoms with Crippen LogP contribution in [0, 0.1) is 12.8 Å². The van der Waals surface area contributed by atoms with E-state index in [2.05, 4.69) is 15.3 Å². The molecule has 0 fully saturated rings. The zero-order chi connectivity index (χ0) is 16.9. The van der Waals surface area contributed by atoms with Crippen LogP contribution in [0.25, 0.3) is 10.9 Å². The van der Waals surface area contributed by atoms with Crippen molar-refractivity contribution in [2.75, 3.05) is 13.2 Å². The molecule has 5 nitrogen and oxygen atoms in total. The van der Waals surface area contributed by atoms with Crippen LogP contribution >= 0.6 is 0 Å².